The largest absolute Gasteiger partial charge is 0.440 e. The van der Waals surface area contributed by atoms with Gasteiger partial charge in [-0.3, -0.25) is 0 Å². The van der Waals surface area contributed by atoms with Crippen LogP contribution in [0.4, 0.5) is 136 Å². The van der Waals surface area contributed by atoms with Crippen LogP contribution in [0.2, 0.25) is 0 Å². The molecule has 0 radical (unpaired) electrons. The summed E-state index contributed by atoms with van der Waals surface area (Å²) in [5.74, 6) is 4.48. The van der Waals surface area contributed by atoms with Gasteiger partial charge in [-0.25, -0.2) is 0 Å². The Labute approximate surface area is 849 Å². The molecule has 0 amide bonds. The third-order valence-electron chi connectivity index (χ3n) is 26.9. The van der Waals surface area contributed by atoms with Crippen molar-refractivity contribution in [1.29, 1.82) is 0 Å². The normalized spacial score (nSPS) is 11.9. The highest BCUT2D eigenvalue weighted by atomic mass is 16.5. The number of pyridine rings is 2. The van der Waals surface area contributed by atoms with Gasteiger partial charge in [0.05, 0.1) is 34.1 Å². The van der Waals surface area contributed by atoms with E-state index in [1.807, 2.05) is 66.7 Å². The molecule has 20 aromatic carbocycles. The van der Waals surface area contributed by atoms with Gasteiger partial charge in [0.1, 0.15) is 23.0 Å². The van der Waals surface area contributed by atoms with Crippen LogP contribution in [0.1, 0.15) is 0 Å². The molecule has 0 unspecified atom stereocenters. The quantitative estimate of drug-likeness (QED) is 0.0538. The molecule has 6 heterocycles. The van der Waals surface area contributed by atoms with E-state index in [4.69, 9.17) is 28.9 Å². The second kappa shape index (κ2) is 39.3. The molecule has 26 rings (SSSR count). The van der Waals surface area contributed by atoms with Gasteiger partial charge in [-0.05, 0) is 239 Å². The zero-order valence-corrected chi connectivity index (χ0v) is 79.4. The van der Waals surface area contributed by atoms with Gasteiger partial charge >= 0.3 is 0 Å². The van der Waals surface area contributed by atoms with Crippen LogP contribution in [-0.4, -0.2) is 23.4 Å². The number of nitrogens with zero attached hydrogens (tertiary/aromatic N) is 10. The summed E-state index contributed by atoms with van der Waals surface area (Å²) in [6.07, 6.45) is 0. The smallest absolute Gasteiger partial charge is 0.258 e. The van der Waals surface area contributed by atoms with Crippen molar-refractivity contribution in [2.24, 2.45) is 0 Å². The molecular formula is C130H92B2N10O4. The Morgan fingerprint density at radius 2 is 0.397 bits per heavy atom. The van der Waals surface area contributed by atoms with Crippen molar-refractivity contribution in [2.75, 3.05) is 39.2 Å². The minimum Gasteiger partial charge on any atom is -0.440 e. The van der Waals surface area contributed by atoms with Crippen molar-refractivity contribution in [3.8, 4) is 46.5 Å². The summed E-state index contributed by atoms with van der Waals surface area (Å²) in [5.41, 5.74) is 30.7. The van der Waals surface area contributed by atoms with Crippen LogP contribution in [0.25, 0.3) is 0 Å². The van der Waals surface area contributed by atoms with Crippen LogP contribution in [0.15, 0.2) is 558 Å². The molecule has 0 spiro atoms. The van der Waals surface area contributed by atoms with Gasteiger partial charge in [0.2, 0.25) is 23.5 Å². The average molecular weight is 1880 g/mol. The van der Waals surface area contributed by atoms with E-state index in [1.165, 1.54) is 10.9 Å². The van der Waals surface area contributed by atoms with Crippen molar-refractivity contribution >= 4 is 183 Å². The number of rotatable bonds is 24. The number of fused-ring (bicyclic) bond motifs is 8. The number of aromatic nitrogens is 2. The summed E-state index contributed by atoms with van der Waals surface area (Å²) in [5, 5.41) is 0. The molecular weight excluding hydrogens is 1790 g/mol. The molecule has 146 heavy (non-hydrogen) atoms. The van der Waals surface area contributed by atoms with Crippen molar-refractivity contribution in [3.05, 3.63) is 558 Å². The van der Waals surface area contributed by atoms with E-state index in [9.17, 15) is 0 Å². The summed E-state index contributed by atoms with van der Waals surface area (Å²) in [6, 6.07) is 194. The maximum absolute atomic E-state index is 7.31. The van der Waals surface area contributed by atoms with E-state index in [0.29, 0.717) is 35.0 Å². The summed E-state index contributed by atoms with van der Waals surface area (Å²) in [6.45, 7) is -0.413. The molecule has 16 heteroatoms. The van der Waals surface area contributed by atoms with E-state index in [2.05, 4.69) is 531 Å². The molecule has 0 saturated carbocycles. The van der Waals surface area contributed by atoms with E-state index in [-0.39, 0.29) is 13.4 Å². The molecule has 2 aromatic heterocycles. The highest BCUT2D eigenvalue weighted by Crippen LogP contribution is 2.52. The van der Waals surface area contributed by atoms with Crippen LogP contribution >= 0.6 is 0 Å². The maximum atomic E-state index is 7.31. The lowest BCUT2D eigenvalue weighted by molar-refractivity contribution is 0.426. The molecule has 0 aliphatic carbocycles. The number of para-hydroxylation sites is 16. The van der Waals surface area contributed by atoms with Crippen LogP contribution in [-0.2, 0) is 0 Å². The molecule has 0 saturated heterocycles. The van der Waals surface area contributed by atoms with Crippen LogP contribution in [0.5, 0.6) is 46.5 Å². The molecule has 0 atom stereocenters. The number of benzene rings is 20. The fraction of sp³-hybridized carbons (Fsp3) is 0. The summed E-state index contributed by atoms with van der Waals surface area (Å²) in [4.78, 5) is 28.9. The van der Waals surface area contributed by atoms with E-state index >= 15 is 0 Å². The van der Waals surface area contributed by atoms with E-state index in [0.717, 1.165) is 170 Å². The second-order valence-corrected chi connectivity index (χ2v) is 36.0. The Hall–Kier alpha value is -19.6. The standard InChI is InChI=1S/C65H43B2N5O2.C65H49N5O2/c1-7-23-44(24-8-1)69(45-25-9-2-10-26-45)50-39-58-62-60(41-50)73-64-54(66(62)52-35-19-21-37-56(52)71(58)48-31-15-5-16-32-48)43-55-65(68-64)74-61-42-51(70(46-27-11-3-12-28-46)47-29-13-4-14-30-47)40-59-63(61)67(55)53-36-20-22-38-57(53)72(59)49-33-17-6-18-34-49;1-9-26-50(27-10-1)67(51-28-11-2-12-29-51)58-44-59(68(52-30-13-3-14-31-52)53-32-15-4-16-33-53)47-62(46-58)71-64-42-25-43-65(66-64)72-63-48-60(69(54-34-17-5-18-35-54)55-36-19-6-20-37-55)45-61(49-63)70(56-38-21-7-22-39-56)57-40-23-8-24-41-57/h1-43H;1-49H. The lowest BCUT2D eigenvalue weighted by Gasteiger charge is -2.42. The zero-order chi connectivity index (χ0) is 97.0. The number of anilines is 24. The number of hydrogen-bond acceptors (Lipinski definition) is 14. The summed E-state index contributed by atoms with van der Waals surface area (Å²) < 4.78 is 28.4. The third-order valence-corrected chi connectivity index (χ3v) is 26.9. The Kier molecular flexibility index (Phi) is 23.6. The molecule has 4 aliphatic heterocycles. The molecule has 692 valence electrons. The first-order chi connectivity index (χ1) is 72.4. The van der Waals surface area contributed by atoms with Crippen molar-refractivity contribution < 1.29 is 18.9 Å². The Morgan fingerprint density at radius 3 is 0.644 bits per heavy atom. The molecule has 4 aliphatic rings. The number of ether oxygens (including phenoxy) is 4. The Bertz CT molecular complexity index is 7480. The topological polar surface area (TPSA) is 88.6 Å². The molecule has 0 bridgehead atoms. The fourth-order valence-corrected chi connectivity index (χ4v) is 20.8. The highest BCUT2D eigenvalue weighted by Gasteiger charge is 2.48. The van der Waals surface area contributed by atoms with Crippen LogP contribution in [0.3, 0.4) is 0 Å². The lowest BCUT2D eigenvalue weighted by atomic mass is 9.31. The minimum atomic E-state index is -0.207. The van der Waals surface area contributed by atoms with E-state index < -0.39 is 0 Å². The SMILES string of the molecule is c1ccc(N(c2ccccc2)c2cc(Oc3cccc(Oc4cc(N(c5ccccc5)c5ccccc5)cc(N(c5ccccc5)c5ccccc5)c4)n3)cc(N(c3ccccc3)c3ccccc3)c2)cc1.c1ccc(N(c2ccccc2)c2cc3c4c(c2)N(c2ccccc2)c2ccccc2B4c2cc4c(nc2O3)Oc2cc(N(c3ccccc3)c3ccccc3)cc3c2B4c2ccccc2N3c2ccccc2)cc1. The van der Waals surface area contributed by atoms with Crippen molar-refractivity contribution in [3.63, 3.8) is 0 Å². The van der Waals surface area contributed by atoms with Gasteiger partial charge in [-0.2, -0.15) is 9.97 Å². The predicted octanol–water partition coefficient (Wildman–Crippen LogP) is 31.4. The summed E-state index contributed by atoms with van der Waals surface area (Å²) in [7, 11) is 0. The fourth-order valence-electron chi connectivity index (χ4n) is 20.8. The monoisotopic (exact) mass is 1880 g/mol. The first kappa shape index (κ1) is 87.9. The Balaban J connectivity index is 0.000000152. The Morgan fingerprint density at radius 1 is 0.178 bits per heavy atom. The molecule has 14 nitrogen and oxygen atoms in total. The van der Waals surface area contributed by atoms with Crippen molar-refractivity contribution in [2.45, 2.75) is 0 Å². The van der Waals surface area contributed by atoms with E-state index in [1.54, 1.807) is 0 Å². The van der Waals surface area contributed by atoms with Gasteiger partial charge in [0, 0.05) is 151 Å². The minimum absolute atomic E-state index is 0.207. The van der Waals surface area contributed by atoms with Crippen LogP contribution in [0, 0.1) is 0 Å². The van der Waals surface area contributed by atoms with Gasteiger partial charge in [-0.15, -0.1) is 0 Å². The highest BCUT2D eigenvalue weighted by molar-refractivity contribution is 7.02. The molecule has 0 fully saturated rings. The summed E-state index contributed by atoms with van der Waals surface area (Å²) >= 11 is 0. The average Bonchev–Trinajstić information content (AvgIpc) is 0.692. The van der Waals surface area contributed by atoms with Crippen LogP contribution < -0.4 is 90.9 Å². The number of hydrogen-bond donors (Lipinski definition) is 0. The third kappa shape index (κ3) is 17.2. The van der Waals surface area contributed by atoms with Gasteiger partial charge in [0.25, 0.3) is 13.4 Å². The van der Waals surface area contributed by atoms with Gasteiger partial charge in [0.15, 0.2) is 0 Å². The van der Waals surface area contributed by atoms with Gasteiger partial charge < -0.3 is 58.1 Å². The molecule has 0 N–H and O–H groups in total. The predicted molar refractivity (Wildman–Crippen MR) is 601 cm³/mol. The van der Waals surface area contributed by atoms with Crippen molar-refractivity contribution in [1.82, 2.24) is 9.97 Å². The second-order valence-electron chi connectivity index (χ2n) is 36.0. The van der Waals surface area contributed by atoms with Gasteiger partial charge in [-0.1, -0.05) is 303 Å². The first-order valence-corrected chi connectivity index (χ1v) is 49.1. The molecule has 22 aromatic rings. The zero-order valence-electron chi connectivity index (χ0n) is 79.4. The lowest BCUT2D eigenvalue weighted by Crippen LogP contribution is -2.63. The maximum Gasteiger partial charge on any atom is 0.258 e. The first-order valence-electron chi connectivity index (χ1n) is 49.1.